The van der Waals surface area contributed by atoms with Crippen molar-refractivity contribution in [1.82, 2.24) is 0 Å². The summed E-state index contributed by atoms with van der Waals surface area (Å²) in [5.41, 5.74) is 1.18. The predicted molar refractivity (Wildman–Crippen MR) is 99.4 cm³/mol. The van der Waals surface area contributed by atoms with Crippen molar-refractivity contribution in [3.8, 4) is 5.75 Å². The van der Waals surface area contributed by atoms with Gasteiger partial charge in [0.1, 0.15) is 18.0 Å². The minimum Gasteiger partial charge on any atom is -0.494 e. The molecule has 0 aliphatic rings. The summed E-state index contributed by atoms with van der Waals surface area (Å²) < 4.78 is 5.42. The Morgan fingerprint density at radius 2 is 1.88 bits per heavy atom. The van der Waals surface area contributed by atoms with Crippen LogP contribution in [0.2, 0.25) is 0 Å². The van der Waals surface area contributed by atoms with E-state index in [0.29, 0.717) is 13.2 Å². The highest BCUT2D eigenvalue weighted by Crippen LogP contribution is 2.23. The molecule has 0 spiro atoms. The molecule has 0 bridgehead atoms. The van der Waals surface area contributed by atoms with Crippen LogP contribution in [-0.4, -0.2) is 30.5 Å². The van der Waals surface area contributed by atoms with E-state index in [4.69, 9.17) is 4.74 Å². The van der Waals surface area contributed by atoms with E-state index in [-0.39, 0.29) is 23.3 Å². The molecule has 2 rings (SSSR count). The van der Waals surface area contributed by atoms with Gasteiger partial charge in [0.25, 0.3) is 11.6 Å². The number of hydrogen-bond donors (Lipinski definition) is 2. The number of anilines is 1. The smallest absolute Gasteiger partial charge is 0.292 e. The van der Waals surface area contributed by atoms with Gasteiger partial charge in [-0.3, -0.25) is 14.9 Å². The number of likely N-dealkylation sites (N-methyl/N-ethyl adjacent to an activating group) is 1. The fraction of sp³-hybridized carbons (Fsp3) is 0.316. The first-order chi connectivity index (χ1) is 12.4. The number of carbonyl (C=O) groups is 1. The van der Waals surface area contributed by atoms with Crippen molar-refractivity contribution in [2.45, 2.75) is 26.4 Å². The van der Waals surface area contributed by atoms with Gasteiger partial charge >= 0.3 is 0 Å². The molecule has 0 aliphatic carbocycles. The Kier molecular flexibility index (Phi) is 6.68. The molecule has 0 aliphatic heterocycles. The largest absolute Gasteiger partial charge is 0.494 e. The lowest BCUT2D eigenvalue weighted by Gasteiger charge is -2.21. The number of ether oxygens (including phenoxy) is 1. The van der Waals surface area contributed by atoms with E-state index in [1.807, 2.05) is 38.2 Å². The van der Waals surface area contributed by atoms with Crippen molar-refractivity contribution >= 4 is 17.3 Å². The van der Waals surface area contributed by atoms with Crippen molar-refractivity contribution in [2.75, 3.05) is 19.0 Å². The van der Waals surface area contributed by atoms with Crippen LogP contribution in [0.15, 0.2) is 48.5 Å². The number of nitro groups is 1. The molecule has 2 atom stereocenters. The zero-order chi connectivity index (χ0) is 19.1. The molecule has 1 unspecified atom stereocenters. The van der Waals surface area contributed by atoms with E-state index < -0.39 is 4.92 Å². The summed E-state index contributed by atoms with van der Waals surface area (Å²) >= 11 is 0. The SMILES string of the molecule is CCOc1ccc(C[NH+](C)[C@@H](C)C(=O)Nc2ccccc2[N+](=O)[O-])cc1. The Morgan fingerprint density at radius 1 is 1.23 bits per heavy atom. The number of amides is 1. The maximum absolute atomic E-state index is 12.5. The summed E-state index contributed by atoms with van der Waals surface area (Å²) in [6, 6.07) is 13.5. The molecule has 0 fully saturated rings. The van der Waals surface area contributed by atoms with Gasteiger partial charge in [-0.1, -0.05) is 12.1 Å². The van der Waals surface area contributed by atoms with Gasteiger partial charge in [-0.2, -0.15) is 0 Å². The number of nitro benzene ring substituents is 1. The van der Waals surface area contributed by atoms with Gasteiger partial charge < -0.3 is 15.0 Å². The third-order valence-corrected chi connectivity index (χ3v) is 4.21. The molecule has 0 heterocycles. The summed E-state index contributed by atoms with van der Waals surface area (Å²) in [6.07, 6.45) is 0. The molecule has 0 radical (unpaired) electrons. The standard InChI is InChI=1S/C19H23N3O4/c1-4-26-16-11-9-15(10-12-16)13-21(3)14(2)19(23)20-17-7-5-6-8-18(17)22(24)25/h5-12,14H,4,13H2,1-3H3,(H,20,23)/p+1/t14-/m0/s1. The Bertz CT molecular complexity index is 762. The van der Waals surface area contributed by atoms with Crippen molar-refractivity contribution in [1.29, 1.82) is 0 Å². The van der Waals surface area contributed by atoms with Crippen LogP contribution in [0.5, 0.6) is 5.75 Å². The van der Waals surface area contributed by atoms with Gasteiger partial charge in [0.15, 0.2) is 6.04 Å². The summed E-state index contributed by atoms with van der Waals surface area (Å²) in [4.78, 5) is 24.0. The Balaban J connectivity index is 2.00. The van der Waals surface area contributed by atoms with E-state index >= 15 is 0 Å². The van der Waals surface area contributed by atoms with Crippen LogP contribution in [0.3, 0.4) is 0 Å². The van der Waals surface area contributed by atoms with Gasteiger partial charge in [-0.05, 0) is 44.2 Å². The molecule has 138 valence electrons. The van der Waals surface area contributed by atoms with Gasteiger partial charge in [0.05, 0.1) is 18.6 Å². The monoisotopic (exact) mass is 358 g/mol. The second kappa shape index (κ2) is 8.96. The molecule has 7 nitrogen and oxygen atoms in total. The van der Waals surface area contributed by atoms with E-state index in [1.54, 1.807) is 19.1 Å². The molecule has 7 heteroatoms. The van der Waals surface area contributed by atoms with Crippen molar-refractivity contribution < 1.29 is 19.4 Å². The molecule has 2 N–H and O–H groups in total. The lowest BCUT2D eigenvalue weighted by molar-refractivity contribution is -0.907. The lowest BCUT2D eigenvalue weighted by Crippen LogP contribution is -3.12. The van der Waals surface area contributed by atoms with Crippen LogP contribution < -0.4 is 15.0 Å². The van der Waals surface area contributed by atoms with Gasteiger partial charge in [0.2, 0.25) is 0 Å². The van der Waals surface area contributed by atoms with E-state index in [2.05, 4.69) is 5.32 Å². The van der Waals surface area contributed by atoms with E-state index in [9.17, 15) is 14.9 Å². The van der Waals surface area contributed by atoms with Crippen LogP contribution in [0.1, 0.15) is 19.4 Å². The molecule has 0 aromatic heterocycles. The molecular weight excluding hydrogens is 334 g/mol. The zero-order valence-corrected chi connectivity index (χ0v) is 15.2. The first-order valence-electron chi connectivity index (χ1n) is 8.50. The Morgan fingerprint density at radius 3 is 2.50 bits per heavy atom. The number of nitrogens with one attached hydrogen (secondary N) is 2. The van der Waals surface area contributed by atoms with Crippen LogP contribution in [0, 0.1) is 10.1 Å². The summed E-state index contributed by atoms with van der Waals surface area (Å²) in [5.74, 6) is 0.554. The van der Waals surface area contributed by atoms with Crippen LogP contribution >= 0.6 is 0 Å². The molecule has 0 saturated heterocycles. The molecule has 0 saturated carbocycles. The summed E-state index contributed by atoms with van der Waals surface area (Å²) in [6.45, 7) is 5.00. The zero-order valence-electron chi connectivity index (χ0n) is 15.2. The number of carbonyl (C=O) groups excluding carboxylic acids is 1. The normalized spacial score (nSPS) is 12.9. The van der Waals surface area contributed by atoms with Crippen molar-refractivity contribution in [3.63, 3.8) is 0 Å². The molecule has 1 amide bonds. The van der Waals surface area contributed by atoms with Crippen LogP contribution in [0.25, 0.3) is 0 Å². The second-order valence-corrected chi connectivity index (χ2v) is 6.09. The fourth-order valence-corrected chi connectivity index (χ4v) is 2.55. The maximum atomic E-state index is 12.5. The fourth-order valence-electron chi connectivity index (χ4n) is 2.55. The van der Waals surface area contributed by atoms with Gasteiger partial charge in [-0.25, -0.2) is 0 Å². The molecule has 2 aromatic carbocycles. The quantitative estimate of drug-likeness (QED) is 0.558. The van der Waals surface area contributed by atoms with Gasteiger partial charge in [-0.15, -0.1) is 0 Å². The molecule has 26 heavy (non-hydrogen) atoms. The second-order valence-electron chi connectivity index (χ2n) is 6.09. The molecular formula is C19H24N3O4+. The third-order valence-electron chi connectivity index (χ3n) is 4.21. The first-order valence-corrected chi connectivity index (χ1v) is 8.50. The van der Waals surface area contributed by atoms with Crippen molar-refractivity contribution in [2.24, 2.45) is 0 Å². The average Bonchev–Trinajstić information content (AvgIpc) is 2.63. The number of benzene rings is 2. The van der Waals surface area contributed by atoms with Crippen LogP contribution in [0.4, 0.5) is 11.4 Å². The Hall–Kier alpha value is -2.93. The summed E-state index contributed by atoms with van der Waals surface area (Å²) in [7, 11) is 1.92. The van der Waals surface area contributed by atoms with E-state index in [1.165, 1.54) is 12.1 Å². The topological polar surface area (TPSA) is 85.9 Å². The first kappa shape index (κ1) is 19.4. The molecule has 2 aromatic rings. The highest BCUT2D eigenvalue weighted by Gasteiger charge is 2.24. The number of hydrogen-bond acceptors (Lipinski definition) is 4. The minimum atomic E-state index is -0.503. The minimum absolute atomic E-state index is 0.114. The average molecular weight is 358 g/mol. The number of nitrogens with zero attached hydrogens (tertiary/aromatic N) is 1. The lowest BCUT2D eigenvalue weighted by atomic mass is 10.1. The maximum Gasteiger partial charge on any atom is 0.292 e. The predicted octanol–water partition coefficient (Wildman–Crippen LogP) is 2.04. The highest BCUT2D eigenvalue weighted by molar-refractivity contribution is 5.95. The highest BCUT2D eigenvalue weighted by atomic mass is 16.6. The summed E-state index contributed by atoms with van der Waals surface area (Å²) in [5, 5.41) is 13.7. The van der Waals surface area contributed by atoms with Crippen LogP contribution in [-0.2, 0) is 11.3 Å². The number of para-hydroxylation sites is 2. The Labute approximate surface area is 152 Å². The van der Waals surface area contributed by atoms with Crippen molar-refractivity contribution in [3.05, 3.63) is 64.2 Å². The van der Waals surface area contributed by atoms with Gasteiger partial charge in [0, 0.05) is 11.6 Å². The third kappa shape index (κ3) is 5.03. The number of quaternary nitrogens is 1. The van der Waals surface area contributed by atoms with E-state index in [0.717, 1.165) is 16.2 Å². The number of rotatable bonds is 8.